The van der Waals surface area contributed by atoms with E-state index in [4.69, 9.17) is 4.74 Å². The van der Waals surface area contributed by atoms with Crippen LogP contribution in [0.4, 0.5) is 0 Å². The Hall–Kier alpha value is -2.63. The normalized spacial score (nSPS) is 24.3. The van der Waals surface area contributed by atoms with Crippen LogP contribution in [0.15, 0.2) is 60.7 Å². The van der Waals surface area contributed by atoms with Crippen LogP contribution in [-0.4, -0.2) is 58.7 Å². The Labute approximate surface area is 209 Å². The first-order valence-corrected chi connectivity index (χ1v) is 13.1. The van der Waals surface area contributed by atoms with Crippen LogP contribution in [0, 0.1) is 5.92 Å². The average molecular weight is 475 g/mol. The Morgan fingerprint density at radius 3 is 2.51 bits per heavy atom. The van der Waals surface area contributed by atoms with Crippen LogP contribution in [0.3, 0.4) is 0 Å². The Morgan fingerprint density at radius 1 is 1.06 bits per heavy atom. The van der Waals surface area contributed by atoms with Gasteiger partial charge in [-0.2, -0.15) is 0 Å². The van der Waals surface area contributed by atoms with Gasteiger partial charge in [0.1, 0.15) is 17.5 Å². The van der Waals surface area contributed by atoms with Crippen LogP contribution in [0.2, 0.25) is 0 Å². The summed E-state index contributed by atoms with van der Waals surface area (Å²) in [5.41, 5.74) is 2.63. The Morgan fingerprint density at radius 2 is 1.80 bits per heavy atom. The molecule has 2 aromatic rings. The molecule has 2 atom stereocenters. The number of ether oxygens (including phenoxy) is 1. The molecule has 0 radical (unpaired) electrons. The van der Waals surface area contributed by atoms with Crippen LogP contribution < -0.4 is 4.74 Å². The van der Waals surface area contributed by atoms with Gasteiger partial charge < -0.3 is 14.7 Å². The third kappa shape index (κ3) is 5.79. The smallest absolute Gasteiger partial charge is 0.227 e. The van der Waals surface area contributed by atoms with Gasteiger partial charge in [-0.15, -0.1) is 0 Å². The first kappa shape index (κ1) is 24.1. The molecule has 1 amide bonds. The molecule has 2 heterocycles. The molecule has 1 aliphatic carbocycles. The van der Waals surface area contributed by atoms with Crippen molar-refractivity contribution in [2.75, 3.05) is 26.2 Å². The minimum Gasteiger partial charge on any atom is -0.485 e. The topological polar surface area (TPSA) is 53.0 Å². The van der Waals surface area contributed by atoms with Crippen LogP contribution in [-0.2, 0) is 17.8 Å². The maximum Gasteiger partial charge on any atom is 0.227 e. The summed E-state index contributed by atoms with van der Waals surface area (Å²) < 4.78 is 6.15. The van der Waals surface area contributed by atoms with Gasteiger partial charge in [0, 0.05) is 44.2 Å². The summed E-state index contributed by atoms with van der Waals surface area (Å²) in [6.07, 6.45) is 7.84. The van der Waals surface area contributed by atoms with Gasteiger partial charge in [-0.05, 0) is 56.2 Å². The number of hydrogen-bond acceptors (Lipinski definition) is 4. The quantitative estimate of drug-likeness (QED) is 0.599. The lowest BCUT2D eigenvalue weighted by atomic mass is 9.80. The summed E-state index contributed by atoms with van der Waals surface area (Å²) >= 11 is 0. The van der Waals surface area contributed by atoms with Crippen LogP contribution in [0.1, 0.15) is 55.7 Å². The zero-order chi connectivity index (χ0) is 24.4. The lowest BCUT2D eigenvalue weighted by Gasteiger charge is -2.41. The van der Waals surface area contributed by atoms with Crippen LogP contribution >= 0.6 is 0 Å². The van der Waals surface area contributed by atoms with E-state index < -0.39 is 11.7 Å². The maximum atomic E-state index is 13.1. The molecular weight excluding hydrogens is 436 g/mol. The average Bonchev–Trinajstić information content (AvgIpc) is 3.67. The number of amides is 1. The van der Waals surface area contributed by atoms with Gasteiger partial charge in [0.2, 0.25) is 5.91 Å². The first-order chi connectivity index (χ1) is 16.9. The number of fused-ring (bicyclic) bond motifs is 1. The van der Waals surface area contributed by atoms with Gasteiger partial charge in [0.05, 0.1) is 6.42 Å². The second-order valence-electron chi connectivity index (χ2n) is 11.0. The molecule has 35 heavy (non-hydrogen) atoms. The second-order valence-corrected chi connectivity index (χ2v) is 11.0. The molecule has 1 saturated carbocycles. The Balaban J connectivity index is 1.23. The molecule has 1 N–H and O–H groups in total. The van der Waals surface area contributed by atoms with Crippen molar-refractivity contribution in [2.45, 2.75) is 63.7 Å². The van der Waals surface area contributed by atoms with E-state index in [1.165, 1.54) is 18.4 Å². The van der Waals surface area contributed by atoms with Crippen molar-refractivity contribution in [1.82, 2.24) is 9.80 Å². The SMILES string of the molecule is CC1(C)Oc2ccc(CC(=O)N3CCN(Cc4ccccc4)CC3)cc2[C@@H](/C=C\CC2CC2)[C@@H]1O. The van der Waals surface area contributed by atoms with E-state index in [-0.39, 0.29) is 11.8 Å². The fraction of sp³-hybridized carbons (Fsp3) is 0.500. The predicted molar refractivity (Wildman–Crippen MR) is 138 cm³/mol. The van der Waals surface area contributed by atoms with E-state index in [0.717, 1.165) is 61.9 Å². The van der Waals surface area contributed by atoms with E-state index in [1.54, 1.807) is 0 Å². The zero-order valence-corrected chi connectivity index (χ0v) is 21.0. The number of aliphatic hydroxyl groups excluding tert-OH is 1. The predicted octanol–water partition coefficient (Wildman–Crippen LogP) is 4.55. The van der Waals surface area contributed by atoms with Crippen molar-refractivity contribution >= 4 is 5.91 Å². The molecule has 0 unspecified atom stereocenters. The van der Waals surface area contributed by atoms with Crippen molar-refractivity contribution < 1.29 is 14.6 Å². The molecule has 5 heteroatoms. The standard InChI is InChI=1S/C30H38N2O3/c1-30(2)29(34)25(10-6-9-22-11-12-22)26-19-24(13-14-27(26)35-30)20-28(33)32-17-15-31(16-18-32)21-23-7-4-3-5-8-23/h3-8,10,13-14,19,22,25,29,34H,9,11-12,15-18,20-21H2,1-2H3/b10-6-/t25-,29+/m1/s1. The van der Waals surface area contributed by atoms with Crippen LogP contribution in [0.25, 0.3) is 0 Å². The largest absolute Gasteiger partial charge is 0.485 e. The molecule has 2 aliphatic heterocycles. The Kier molecular flexibility index (Phi) is 6.99. The summed E-state index contributed by atoms with van der Waals surface area (Å²) in [4.78, 5) is 17.5. The molecule has 1 saturated heterocycles. The number of hydrogen-bond donors (Lipinski definition) is 1. The molecule has 0 aromatic heterocycles. The minimum absolute atomic E-state index is 0.121. The second kappa shape index (κ2) is 10.2. The van der Waals surface area contributed by atoms with E-state index >= 15 is 0 Å². The fourth-order valence-electron chi connectivity index (χ4n) is 5.27. The third-order valence-corrected chi connectivity index (χ3v) is 7.70. The highest BCUT2D eigenvalue weighted by Gasteiger charge is 2.42. The zero-order valence-electron chi connectivity index (χ0n) is 21.0. The summed E-state index contributed by atoms with van der Waals surface area (Å²) in [7, 11) is 0. The number of benzene rings is 2. The fourth-order valence-corrected chi connectivity index (χ4v) is 5.27. The summed E-state index contributed by atoms with van der Waals surface area (Å²) in [6, 6.07) is 16.6. The van der Waals surface area contributed by atoms with Gasteiger partial charge >= 0.3 is 0 Å². The van der Waals surface area contributed by atoms with E-state index in [2.05, 4.69) is 47.4 Å². The Bertz CT molecular complexity index is 1050. The maximum absolute atomic E-state index is 13.1. The monoisotopic (exact) mass is 474 g/mol. The molecule has 186 valence electrons. The van der Waals surface area contributed by atoms with Crippen molar-refractivity contribution in [3.05, 3.63) is 77.4 Å². The lowest BCUT2D eigenvalue weighted by molar-refractivity contribution is -0.132. The van der Waals surface area contributed by atoms with Crippen molar-refractivity contribution in [3.8, 4) is 5.75 Å². The summed E-state index contributed by atoms with van der Waals surface area (Å²) in [5, 5.41) is 11.1. The van der Waals surface area contributed by atoms with Crippen molar-refractivity contribution in [2.24, 2.45) is 5.92 Å². The number of piperazine rings is 1. The number of allylic oxidation sites excluding steroid dienone is 1. The molecule has 2 fully saturated rings. The number of aliphatic hydroxyl groups is 1. The number of nitrogens with zero attached hydrogens (tertiary/aromatic N) is 2. The molecule has 3 aliphatic rings. The molecular formula is C30H38N2O3. The first-order valence-electron chi connectivity index (χ1n) is 13.1. The van der Waals surface area contributed by atoms with Crippen molar-refractivity contribution in [1.29, 1.82) is 0 Å². The molecule has 5 rings (SSSR count). The number of carbonyl (C=O) groups is 1. The molecule has 2 aromatic carbocycles. The highest BCUT2D eigenvalue weighted by molar-refractivity contribution is 5.79. The number of carbonyl (C=O) groups excluding carboxylic acids is 1. The van der Waals surface area contributed by atoms with Gasteiger partial charge in [-0.3, -0.25) is 9.69 Å². The summed E-state index contributed by atoms with van der Waals surface area (Å²) in [5.74, 6) is 1.67. The van der Waals surface area contributed by atoms with Crippen LogP contribution in [0.5, 0.6) is 5.75 Å². The van der Waals surface area contributed by atoms with E-state index in [0.29, 0.717) is 6.42 Å². The van der Waals surface area contributed by atoms with Gasteiger partial charge in [0.25, 0.3) is 0 Å². The van der Waals surface area contributed by atoms with Gasteiger partial charge in [-0.1, -0.05) is 54.6 Å². The van der Waals surface area contributed by atoms with E-state index in [1.807, 2.05) is 36.9 Å². The van der Waals surface area contributed by atoms with Crippen molar-refractivity contribution in [3.63, 3.8) is 0 Å². The number of rotatable bonds is 7. The molecule has 0 spiro atoms. The molecule has 5 nitrogen and oxygen atoms in total. The lowest BCUT2D eigenvalue weighted by Crippen LogP contribution is -2.49. The molecule has 0 bridgehead atoms. The minimum atomic E-state index is -0.654. The third-order valence-electron chi connectivity index (χ3n) is 7.70. The van der Waals surface area contributed by atoms with Gasteiger partial charge in [-0.25, -0.2) is 0 Å². The highest BCUT2D eigenvalue weighted by Crippen LogP contribution is 2.43. The van der Waals surface area contributed by atoms with E-state index in [9.17, 15) is 9.90 Å². The highest BCUT2D eigenvalue weighted by atomic mass is 16.5. The summed E-state index contributed by atoms with van der Waals surface area (Å²) in [6.45, 7) is 8.14. The van der Waals surface area contributed by atoms with Gasteiger partial charge in [0.15, 0.2) is 0 Å².